The molecule has 1 aromatic carbocycles. The van der Waals surface area contributed by atoms with Crippen LogP contribution in [0.15, 0.2) is 24.3 Å². The van der Waals surface area contributed by atoms with Crippen LogP contribution in [0.3, 0.4) is 0 Å². The van der Waals surface area contributed by atoms with Gasteiger partial charge in [0, 0.05) is 17.9 Å². The Balaban J connectivity index is 1.96. The molecule has 0 radical (unpaired) electrons. The molecule has 0 saturated carbocycles. The second kappa shape index (κ2) is 5.19. The van der Waals surface area contributed by atoms with Crippen molar-refractivity contribution in [2.24, 2.45) is 0 Å². The van der Waals surface area contributed by atoms with Crippen molar-refractivity contribution in [2.75, 3.05) is 12.3 Å². The summed E-state index contributed by atoms with van der Waals surface area (Å²) in [5.74, 6) is -0.0969. The summed E-state index contributed by atoms with van der Waals surface area (Å²) < 4.78 is 5.54. The van der Waals surface area contributed by atoms with Crippen LogP contribution >= 0.6 is 0 Å². The quantitative estimate of drug-likeness (QED) is 0.780. The lowest BCUT2D eigenvalue weighted by atomic mass is 10.1. The Hall–Kier alpha value is -1.55. The van der Waals surface area contributed by atoms with Gasteiger partial charge in [-0.2, -0.15) is 0 Å². The average Bonchev–Trinajstić information content (AvgIpc) is 2.82. The SMILES string of the molecule is CC(NC(=O)c1cccc(N)c1)C1CCCO1. The average molecular weight is 234 g/mol. The second-order valence-electron chi connectivity index (χ2n) is 4.44. The summed E-state index contributed by atoms with van der Waals surface area (Å²) in [6, 6.07) is 7.01. The number of hydrogen-bond donors (Lipinski definition) is 2. The predicted molar refractivity (Wildman–Crippen MR) is 66.8 cm³/mol. The molecule has 1 amide bonds. The van der Waals surface area contributed by atoms with E-state index in [-0.39, 0.29) is 18.1 Å². The van der Waals surface area contributed by atoms with Crippen molar-refractivity contribution < 1.29 is 9.53 Å². The summed E-state index contributed by atoms with van der Waals surface area (Å²) in [6.07, 6.45) is 2.22. The summed E-state index contributed by atoms with van der Waals surface area (Å²) >= 11 is 0. The number of anilines is 1. The normalized spacial score (nSPS) is 21.1. The minimum atomic E-state index is -0.0969. The fourth-order valence-corrected chi connectivity index (χ4v) is 2.06. The van der Waals surface area contributed by atoms with Gasteiger partial charge in [-0.05, 0) is 38.0 Å². The first-order chi connectivity index (χ1) is 8.16. The zero-order chi connectivity index (χ0) is 12.3. The molecule has 4 nitrogen and oxygen atoms in total. The van der Waals surface area contributed by atoms with Crippen LogP contribution in [-0.2, 0) is 4.74 Å². The van der Waals surface area contributed by atoms with Crippen molar-refractivity contribution >= 4 is 11.6 Å². The molecule has 0 aliphatic carbocycles. The van der Waals surface area contributed by atoms with Crippen molar-refractivity contribution in [1.82, 2.24) is 5.32 Å². The van der Waals surface area contributed by atoms with Gasteiger partial charge >= 0.3 is 0 Å². The molecule has 2 unspecified atom stereocenters. The first kappa shape index (κ1) is 11.9. The Bertz CT molecular complexity index is 400. The molecule has 2 atom stereocenters. The largest absolute Gasteiger partial charge is 0.399 e. The van der Waals surface area contributed by atoms with Gasteiger partial charge in [0.15, 0.2) is 0 Å². The Morgan fingerprint density at radius 3 is 3.06 bits per heavy atom. The maximum Gasteiger partial charge on any atom is 0.251 e. The third kappa shape index (κ3) is 2.97. The van der Waals surface area contributed by atoms with Crippen LogP contribution in [0.5, 0.6) is 0 Å². The smallest absolute Gasteiger partial charge is 0.251 e. The van der Waals surface area contributed by atoms with Crippen LogP contribution in [0.25, 0.3) is 0 Å². The molecular weight excluding hydrogens is 216 g/mol. The molecule has 92 valence electrons. The van der Waals surface area contributed by atoms with Gasteiger partial charge in [-0.25, -0.2) is 0 Å². The van der Waals surface area contributed by atoms with Crippen LogP contribution in [0, 0.1) is 0 Å². The van der Waals surface area contributed by atoms with Gasteiger partial charge in [0.1, 0.15) is 0 Å². The Labute approximate surface area is 101 Å². The fraction of sp³-hybridized carbons (Fsp3) is 0.462. The molecule has 3 N–H and O–H groups in total. The van der Waals surface area contributed by atoms with Gasteiger partial charge in [-0.3, -0.25) is 4.79 Å². The maximum atomic E-state index is 11.9. The van der Waals surface area contributed by atoms with E-state index in [2.05, 4.69) is 5.32 Å². The van der Waals surface area contributed by atoms with Crippen LogP contribution in [0.1, 0.15) is 30.1 Å². The third-order valence-corrected chi connectivity index (χ3v) is 3.03. The number of nitrogens with two attached hydrogens (primary N) is 1. The van der Waals surface area contributed by atoms with Gasteiger partial charge in [0.25, 0.3) is 5.91 Å². The van der Waals surface area contributed by atoms with E-state index in [1.807, 2.05) is 6.92 Å². The highest BCUT2D eigenvalue weighted by Crippen LogP contribution is 2.16. The molecule has 1 aliphatic rings. The number of rotatable bonds is 3. The monoisotopic (exact) mass is 234 g/mol. The predicted octanol–water partition coefficient (Wildman–Crippen LogP) is 1.57. The lowest BCUT2D eigenvalue weighted by Crippen LogP contribution is -2.40. The number of nitrogen functional groups attached to an aromatic ring is 1. The number of hydrogen-bond acceptors (Lipinski definition) is 3. The molecule has 1 saturated heterocycles. The van der Waals surface area contributed by atoms with Crippen molar-refractivity contribution in [2.45, 2.75) is 31.9 Å². The second-order valence-corrected chi connectivity index (χ2v) is 4.44. The van der Waals surface area contributed by atoms with E-state index in [9.17, 15) is 4.79 Å². The molecule has 1 aromatic rings. The summed E-state index contributed by atoms with van der Waals surface area (Å²) in [5, 5.41) is 2.95. The molecule has 0 aromatic heterocycles. The molecule has 0 spiro atoms. The van der Waals surface area contributed by atoms with E-state index in [4.69, 9.17) is 10.5 Å². The Kier molecular flexibility index (Phi) is 3.64. The fourth-order valence-electron chi connectivity index (χ4n) is 2.06. The maximum absolute atomic E-state index is 11.9. The lowest BCUT2D eigenvalue weighted by molar-refractivity contribution is 0.0712. The van der Waals surface area contributed by atoms with Gasteiger partial charge in [0.2, 0.25) is 0 Å². The van der Waals surface area contributed by atoms with Gasteiger partial charge < -0.3 is 15.8 Å². The zero-order valence-corrected chi connectivity index (χ0v) is 9.98. The highest BCUT2D eigenvalue weighted by molar-refractivity contribution is 5.95. The summed E-state index contributed by atoms with van der Waals surface area (Å²) in [5.41, 5.74) is 6.84. The minimum absolute atomic E-state index is 0.0337. The molecule has 1 fully saturated rings. The van der Waals surface area contributed by atoms with E-state index in [1.165, 1.54) is 0 Å². The number of carbonyl (C=O) groups is 1. The van der Waals surface area contributed by atoms with Gasteiger partial charge in [-0.15, -0.1) is 0 Å². The van der Waals surface area contributed by atoms with E-state index >= 15 is 0 Å². The van der Waals surface area contributed by atoms with Crippen LogP contribution in [0.4, 0.5) is 5.69 Å². The van der Waals surface area contributed by atoms with Crippen molar-refractivity contribution in [3.05, 3.63) is 29.8 Å². The minimum Gasteiger partial charge on any atom is -0.399 e. The zero-order valence-electron chi connectivity index (χ0n) is 9.98. The number of amides is 1. The molecule has 1 aliphatic heterocycles. The topological polar surface area (TPSA) is 64.4 Å². The third-order valence-electron chi connectivity index (χ3n) is 3.03. The van der Waals surface area contributed by atoms with E-state index < -0.39 is 0 Å². The van der Waals surface area contributed by atoms with Gasteiger partial charge in [-0.1, -0.05) is 6.07 Å². The van der Waals surface area contributed by atoms with E-state index in [1.54, 1.807) is 24.3 Å². The summed E-state index contributed by atoms with van der Waals surface area (Å²) in [6.45, 7) is 2.77. The number of carbonyl (C=O) groups excluding carboxylic acids is 1. The first-order valence-corrected chi connectivity index (χ1v) is 5.95. The molecular formula is C13H18N2O2. The Morgan fingerprint density at radius 2 is 2.41 bits per heavy atom. The molecule has 17 heavy (non-hydrogen) atoms. The molecule has 0 bridgehead atoms. The molecule has 2 rings (SSSR count). The number of benzene rings is 1. The molecule has 4 heteroatoms. The van der Waals surface area contributed by atoms with Crippen molar-refractivity contribution in [3.63, 3.8) is 0 Å². The summed E-state index contributed by atoms with van der Waals surface area (Å²) in [4.78, 5) is 11.9. The molecule has 1 heterocycles. The lowest BCUT2D eigenvalue weighted by Gasteiger charge is -2.20. The number of ether oxygens (including phenoxy) is 1. The van der Waals surface area contributed by atoms with Gasteiger partial charge in [0.05, 0.1) is 12.1 Å². The van der Waals surface area contributed by atoms with Crippen LogP contribution < -0.4 is 11.1 Å². The Morgan fingerprint density at radius 1 is 1.59 bits per heavy atom. The van der Waals surface area contributed by atoms with Crippen LogP contribution in [0.2, 0.25) is 0 Å². The van der Waals surface area contributed by atoms with E-state index in [0.717, 1.165) is 19.4 Å². The summed E-state index contributed by atoms with van der Waals surface area (Å²) in [7, 11) is 0. The first-order valence-electron chi connectivity index (χ1n) is 5.95. The van der Waals surface area contributed by atoms with Crippen molar-refractivity contribution in [1.29, 1.82) is 0 Å². The number of nitrogens with one attached hydrogen (secondary N) is 1. The van der Waals surface area contributed by atoms with Crippen LogP contribution in [-0.4, -0.2) is 24.7 Å². The van der Waals surface area contributed by atoms with E-state index in [0.29, 0.717) is 11.3 Å². The highest BCUT2D eigenvalue weighted by Gasteiger charge is 2.23. The van der Waals surface area contributed by atoms with Crippen molar-refractivity contribution in [3.8, 4) is 0 Å². The highest BCUT2D eigenvalue weighted by atomic mass is 16.5. The standard InChI is InChI=1S/C13H18N2O2/c1-9(12-6-3-7-17-12)15-13(16)10-4-2-5-11(14)8-10/h2,4-5,8-9,12H,3,6-7,14H2,1H3,(H,15,16).